The van der Waals surface area contributed by atoms with Gasteiger partial charge >= 0.3 is 0 Å². The van der Waals surface area contributed by atoms with Gasteiger partial charge in [-0.2, -0.15) is 0 Å². The van der Waals surface area contributed by atoms with Gasteiger partial charge < -0.3 is 5.32 Å². The molecular formula is C13H21NS. The monoisotopic (exact) mass is 223 g/mol. The third kappa shape index (κ3) is 5.14. The van der Waals surface area contributed by atoms with Crippen LogP contribution in [-0.2, 0) is 0 Å². The fraction of sp³-hybridized carbons (Fsp3) is 0.538. The fourth-order valence-electron chi connectivity index (χ4n) is 1.32. The molecule has 0 spiro atoms. The van der Waals surface area contributed by atoms with Gasteiger partial charge in [0, 0.05) is 4.88 Å². The lowest BCUT2D eigenvalue weighted by molar-refractivity contribution is 0.557. The molecule has 0 saturated carbocycles. The van der Waals surface area contributed by atoms with Crippen LogP contribution >= 0.6 is 11.3 Å². The number of aryl methyl sites for hydroxylation is 1. The van der Waals surface area contributed by atoms with Gasteiger partial charge in [0.25, 0.3) is 0 Å². The lowest BCUT2D eigenvalue weighted by Gasteiger charge is -2.04. The van der Waals surface area contributed by atoms with E-state index in [1.807, 2.05) is 11.3 Å². The Kier molecular flexibility index (Phi) is 5.66. The highest BCUT2D eigenvalue weighted by Crippen LogP contribution is 2.17. The van der Waals surface area contributed by atoms with Gasteiger partial charge in [0.1, 0.15) is 0 Å². The summed E-state index contributed by atoms with van der Waals surface area (Å²) in [5.41, 5.74) is 1.38. The highest BCUT2D eigenvalue weighted by molar-refractivity contribution is 7.11. The smallest absolute Gasteiger partial charge is 0.0296 e. The molecule has 0 amide bonds. The van der Waals surface area contributed by atoms with E-state index < -0.39 is 0 Å². The molecule has 0 fully saturated rings. The predicted octanol–water partition coefficient (Wildman–Crippen LogP) is 3.71. The second-order valence-corrected chi connectivity index (χ2v) is 5.20. The summed E-state index contributed by atoms with van der Waals surface area (Å²) in [5, 5.41) is 5.58. The number of hydrogen-bond acceptors (Lipinski definition) is 2. The van der Waals surface area contributed by atoms with Crippen LogP contribution in [-0.4, -0.2) is 13.1 Å². The lowest BCUT2D eigenvalue weighted by Crippen LogP contribution is -2.20. The molecule has 1 nitrogen and oxygen atoms in total. The second-order valence-electron chi connectivity index (χ2n) is 4.26. The third-order valence-electron chi connectivity index (χ3n) is 2.21. The normalized spacial score (nSPS) is 11.7. The largest absolute Gasteiger partial charge is 0.316 e. The van der Waals surface area contributed by atoms with Crippen LogP contribution in [0.1, 0.15) is 30.7 Å². The molecule has 0 unspecified atom stereocenters. The molecule has 1 heterocycles. The summed E-state index contributed by atoms with van der Waals surface area (Å²) in [5.74, 6) is 0.744. The number of hydrogen-bond donors (Lipinski definition) is 1. The molecule has 0 aliphatic heterocycles. The summed E-state index contributed by atoms with van der Waals surface area (Å²) in [7, 11) is 0. The van der Waals surface area contributed by atoms with Gasteiger partial charge in [0.05, 0.1) is 0 Å². The Balaban J connectivity index is 2.15. The summed E-state index contributed by atoms with van der Waals surface area (Å²) in [6.07, 6.45) is 5.60. The molecule has 0 radical (unpaired) electrons. The van der Waals surface area contributed by atoms with Crippen molar-refractivity contribution in [3.63, 3.8) is 0 Å². The van der Waals surface area contributed by atoms with Gasteiger partial charge in [-0.25, -0.2) is 0 Å². The molecule has 15 heavy (non-hydrogen) atoms. The first-order valence-electron chi connectivity index (χ1n) is 5.61. The zero-order valence-electron chi connectivity index (χ0n) is 9.92. The van der Waals surface area contributed by atoms with Crippen molar-refractivity contribution >= 4 is 17.4 Å². The minimum atomic E-state index is 0.744. The maximum absolute atomic E-state index is 3.43. The maximum atomic E-state index is 3.43. The van der Waals surface area contributed by atoms with E-state index in [1.165, 1.54) is 10.4 Å². The fourth-order valence-corrected chi connectivity index (χ4v) is 2.17. The van der Waals surface area contributed by atoms with Crippen LogP contribution in [0, 0.1) is 12.8 Å². The quantitative estimate of drug-likeness (QED) is 0.725. The summed E-state index contributed by atoms with van der Waals surface area (Å²) in [6.45, 7) is 8.83. The molecule has 0 atom stereocenters. The molecular weight excluding hydrogens is 202 g/mol. The zero-order chi connectivity index (χ0) is 11.1. The number of thiophene rings is 1. The van der Waals surface area contributed by atoms with Crippen LogP contribution in [0.4, 0.5) is 0 Å². The molecule has 1 rings (SSSR count). The van der Waals surface area contributed by atoms with Crippen LogP contribution < -0.4 is 5.32 Å². The molecule has 84 valence electrons. The van der Waals surface area contributed by atoms with E-state index >= 15 is 0 Å². The van der Waals surface area contributed by atoms with E-state index in [1.54, 1.807) is 0 Å². The predicted molar refractivity (Wildman–Crippen MR) is 70.4 cm³/mol. The lowest BCUT2D eigenvalue weighted by atomic mass is 10.2. The molecule has 0 saturated heterocycles. The van der Waals surface area contributed by atoms with E-state index in [-0.39, 0.29) is 0 Å². The first kappa shape index (κ1) is 12.5. The van der Waals surface area contributed by atoms with Crippen LogP contribution in [0.15, 0.2) is 17.5 Å². The Labute approximate surface area is 97.2 Å². The van der Waals surface area contributed by atoms with Crippen LogP contribution in [0.25, 0.3) is 6.08 Å². The first-order chi connectivity index (χ1) is 7.20. The van der Waals surface area contributed by atoms with Crippen molar-refractivity contribution in [1.82, 2.24) is 5.32 Å². The molecule has 0 aromatic carbocycles. The Bertz CT molecular complexity index is 299. The van der Waals surface area contributed by atoms with E-state index in [4.69, 9.17) is 0 Å². The van der Waals surface area contributed by atoms with Crippen molar-refractivity contribution in [1.29, 1.82) is 0 Å². The van der Waals surface area contributed by atoms with Crippen molar-refractivity contribution in [2.45, 2.75) is 27.2 Å². The van der Waals surface area contributed by atoms with E-state index in [9.17, 15) is 0 Å². The van der Waals surface area contributed by atoms with Gasteiger partial charge in [0.15, 0.2) is 0 Å². The van der Waals surface area contributed by atoms with Crippen LogP contribution in [0.5, 0.6) is 0 Å². The van der Waals surface area contributed by atoms with Gasteiger partial charge in [-0.15, -0.1) is 11.3 Å². The SMILES string of the molecule is Cc1ccsc1C=CCCNCC(C)C. The number of nitrogens with one attached hydrogen (secondary N) is 1. The van der Waals surface area contributed by atoms with Gasteiger partial charge in [0.2, 0.25) is 0 Å². The molecule has 0 aliphatic rings. The average Bonchev–Trinajstić information content (AvgIpc) is 2.57. The molecule has 1 N–H and O–H groups in total. The summed E-state index contributed by atoms with van der Waals surface area (Å²) in [6, 6.07) is 2.17. The molecule has 0 bridgehead atoms. The van der Waals surface area contributed by atoms with Gasteiger partial charge in [-0.3, -0.25) is 0 Å². The Morgan fingerprint density at radius 3 is 2.87 bits per heavy atom. The van der Waals surface area contributed by atoms with Gasteiger partial charge in [-0.05, 0) is 55.4 Å². The van der Waals surface area contributed by atoms with E-state index in [0.717, 1.165) is 25.4 Å². The molecule has 2 heteroatoms. The summed E-state index contributed by atoms with van der Waals surface area (Å²) in [4.78, 5) is 1.39. The highest BCUT2D eigenvalue weighted by atomic mass is 32.1. The first-order valence-corrected chi connectivity index (χ1v) is 6.49. The zero-order valence-corrected chi connectivity index (χ0v) is 10.7. The second kappa shape index (κ2) is 6.81. The Morgan fingerprint density at radius 1 is 1.47 bits per heavy atom. The van der Waals surface area contributed by atoms with E-state index in [0.29, 0.717) is 0 Å². The number of rotatable bonds is 6. The highest BCUT2D eigenvalue weighted by Gasteiger charge is 1.93. The van der Waals surface area contributed by atoms with E-state index in [2.05, 4.69) is 49.7 Å². The molecule has 0 aliphatic carbocycles. The minimum absolute atomic E-state index is 0.744. The Morgan fingerprint density at radius 2 is 2.27 bits per heavy atom. The maximum Gasteiger partial charge on any atom is 0.0296 e. The third-order valence-corrected chi connectivity index (χ3v) is 3.20. The standard InChI is InChI=1S/C13H21NS/c1-11(2)10-14-8-5-4-6-13-12(3)7-9-15-13/h4,6-7,9,11,14H,5,8,10H2,1-3H3. The van der Waals surface area contributed by atoms with Crippen LogP contribution in [0.3, 0.4) is 0 Å². The summed E-state index contributed by atoms with van der Waals surface area (Å²) >= 11 is 1.81. The van der Waals surface area contributed by atoms with Crippen molar-refractivity contribution in [2.75, 3.05) is 13.1 Å². The summed E-state index contributed by atoms with van der Waals surface area (Å²) < 4.78 is 0. The van der Waals surface area contributed by atoms with Crippen LogP contribution in [0.2, 0.25) is 0 Å². The van der Waals surface area contributed by atoms with Crippen molar-refractivity contribution in [2.24, 2.45) is 5.92 Å². The van der Waals surface area contributed by atoms with Gasteiger partial charge in [-0.1, -0.05) is 19.9 Å². The molecule has 1 aromatic heterocycles. The average molecular weight is 223 g/mol. The molecule has 1 aromatic rings. The van der Waals surface area contributed by atoms with Crippen molar-refractivity contribution in [3.05, 3.63) is 28.0 Å². The Hall–Kier alpha value is -0.600. The van der Waals surface area contributed by atoms with Crippen molar-refractivity contribution < 1.29 is 0 Å². The minimum Gasteiger partial charge on any atom is -0.316 e. The van der Waals surface area contributed by atoms with Crippen molar-refractivity contribution in [3.8, 4) is 0 Å². The topological polar surface area (TPSA) is 12.0 Å².